The zero-order valence-corrected chi connectivity index (χ0v) is 10.1. The molecule has 3 nitrogen and oxygen atoms in total. The summed E-state index contributed by atoms with van der Waals surface area (Å²) in [6.07, 6.45) is 0. The van der Waals surface area contributed by atoms with E-state index in [1.165, 1.54) is 0 Å². The van der Waals surface area contributed by atoms with Gasteiger partial charge in [0, 0.05) is 15.8 Å². The lowest BCUT2D eigenvalue weighted by molar-refractivity contribution is 0.100. The molecule has 0 aliphatic rings. The molecule has 0 fully saturated rings. The lowest BCUT2D eigenvalue weighted by atomic mass is 10.1. The molecule has 1 amide bonds. The first-order valence-electron chi connectivity index (χ1n) is 5.44. The SMILES string of the molecule is NC(=O)c1cccc2cc3ccc(Cl)cc3nc12. The van der Waals surface area contributed by atoms with Crippen molar-refractivity contribution in [3.8, 4) is 0 Å². The number of rotatable bonds is 1. The number of amides is 1. The molecule has 0 aliphatic heterocycles. The van der Waals surface area contributed by atoms with Gasteiger partial charge in [0.25, 0.3) is 5.91 Å². The molecule has 3 aromatic rings. The van der Waals surface area contributed by atoms with Gasteiger partial charge in [-0.25, -0.2) is 4.98 Å². The molecule has 1 aromatic heterocycles. The molecule has 2 N–H and O–H groups in total. The summed E-state index contributed by atoms with van der Waals surface area (Å²) >= 11 is 5.94. The standard InChI is InChI=1S/C14H9ClN2O/c15-10-5-4-8-6-9-2-1-3-11(14(16)18)13(9)17-12(8)7-10/h1-7H,(H2,16,18). The highest BCUT2D eigenvalue weighted by Gasteiger charge is 2.08. The quantitative estimate of drug-likeness (QED) is 0.680. The third kappa shape index (κ3) is 1.69. The number of benzene rings is 2. The molecule has 18 heavy (non-hydrogen) atoms. The first kappa shape index (κ1) is 11.0. The van der Waals surface area contributed by atoms with Crippen LogP contribution < -0.4 is 5.73 Å². The van der Waals surface area contributed by atoms with Crippen molar-refractivity contribution in [3.05, 3.63) is 53.1 Å². The van der Waals surface area contributed by atoms with E-state index in [1.54, 1.807) is 18.2 Å². The number of nitrogens with zero attached hydrogens (tertiary/aromatic N) is 1. The zero-order valence-electron chi connectivity index (χ0n) is 9.35. The topological polar surface area (TPSA) is 56.0 Å². The van der Waals surface area contributed by atoms with Gasteiger partial charge >= 0.3 is 0 Å². The Morgan fingerprint density at radius 2 is 1.94 bits per heavy atom. The Kier molecular flexibility index (Phi) is 2.42. The summed E-state index contributed by atoms with van der Waals surface area (Å²) in [5.74, 6) is -0.477. The first-order chi connectivity index (χ1) is 8.65. The molecule has 2 aromatic carbocycles. The maximum absolute atomic E-state index is 11.4. The number of halogens is 1. The molecule has 3 rings (SSSR count). The van der Waals surface area contributed by atoms with Gasteiger partial charge in [-0.2, -0.15) is 0 Å². The fourth-order valence-electron chi connectivity index (χ4n) is 2.03. The Hall–Kier alpha value is -2.13. The molecular formula is C14H9ClN2O. The predicted octanol–water partition coefficient (Wildman–Crippen LogP) is 3.14. The summed E-state index contributed by atoms with van der Waals surface area (Å²) in [7, 11) is 0. The van der Waals surface area contributed by atoms with Crippen LogP contribution in [0.3, 0.4) is 0 Å². The normalized spacial score (nSPS) is 10.9. The van der Waals surface area contributed by atoms with E-state index in [2.05, 4.69) is 4.98 Å². The Morgan fingerprint density at radius 3 is 2.72 bits per heavy atom. The maximum Gasteiger partial charge on any atom is 0.250 e. The van der Waals surface area contributed by atoms with Crippen LogP contribution in [0.25, 0.3) is 21.8 Å². The number of aromatic nitrogens is 1. The van der Waals surface area contributed by atoms with Crippen molar-refractivity contribution in [1.82, 2.24) is 4.98 Å². The van der Waals surface area contributed by atoms with E-state index < -0.39 is 5.91 Å². The summed E-state index contributed by atoms with van der Waals surface area (Å²) in [5.41, 5.74) is 7.14. The molecule has 0 unspecified atom stereocenters. The van der Waals surface area contributed by atoms with Gasteiger partial charge in [0.05, 0.1) is 16.6 Å². The molecule has 0 atom stereocenters. The van der Waals surface area contributed by atoms with Crippen molar-refractivity contribution in [2.24, 2.45) is 5.73 Å². The number of nitrogens with two attached hydrogens (primary N) is 1. The van der Waals surface area contributed by atoms with Gasteiger partial charge in [0.2, 0.25) is 0 Å². The number of pyridine rings is 1. The molecule has 0 saturated heterocycles. The van der Waals surface area contributed by atoms with E-state index in [9.17, 15) is 4.79 Å². The number of carbonyl (C=O) groups excluding carboxylic acids is 1. The molecule has 0 saturated carbocycles. The van der Waals surface area contributed by atoms with E-state index >= 15 is 0 Å². The van der Waals surface area contributed by atoms with Crippen LogP contribution in [0.2, 0.25) is 5.02 Å². The van der Waals surface area contributed by atoms with Gasteiger partial charge in [-0.3, -0.25) is 4.79 Å². The molecule has 88 valence electrons. The second-order valence-corrected chi connectivity index (χ2v) is 4.50. The van der Waals surface area contributed by atoms with Gasteiger partial charge in [0.15, 0.2) is 0 Å². The Morgan fingerprint density at radius 1 is 1.11 bits per heavy atom. The predicted molar refractivity (Wildman–Crippen MR) is 72.8 cm³/mol. The number of primary amides is 1. The number of para-hydroxylation sites is 1. The first-order valence-corrected chi connectivity index (χ1v) is 5.82. The minimum Gasteiger partial charge on any atom is -0.366 e. The fraction of sp³-hybridized carbons (Fsp3) is 0. The second kappa shape index (κ2) is 3.96. The summed E-state index contributed by atoms with van der Waals surface area (Å²) in [5, 5.41) is 2.49. The smallest absolute Gasteiger partial charge is 0.250 e. The van der Waals surface area contributed by atoms with Crippen molar-refractivity contribution < 1.29 is 4.79 Å². The Labute approximate surface area is 108 Å². The lowest BCUT2D eigenvalue weighted by Crippen LogP contribution is -2.11. The van der Waals surface area contributed by atoms with E-state index in [4.69, 9.17) is 17.3 Å². The third-order valence-corrected chi connectivity index (χ3v) is 3.10. The van der Waals surface area contributed by atoms with Crippen molar-refractivity contribution in [3.63, 3.8) is 0 Å². The van der Waals surface area contributed by atoms with E-state index in [0.29, 0.717) is 16.1 Å². The van der Waals surface area contributed by atoms with E-state index in [-0.39, 0.29) is 0 Å². The van der Waals surface area contributed by atoms with Gasteiger partial charge in [-0.15, -0.1) is 0 Å². The summed E-state index contributed by atoms with van der Waals surface area (Å²) in [6.45, 7) is 0. The van der Waals surface area contributed by atoms with Gasteiger partial charge in [-0.05, 0) is 24.3 Å². The maximum atomic E-state index is 11.4. The number of carbonyl (C=O) groups is 1. The molecule has 0 radical (unpaired) electrons. The highest BCUT2D eigenvalue weighted by Crippen LogP contribution is 2.24. The zero-order chi connectivity index (χ0) is 12.7. The van der Waals surface area contributed by atoms with Crippen LogP contribution in [0, 0.1) is 0 Å². The summed E-state index contributed by atoms with van der Waals surface area (Å²) < 4.78 is 0. The number of fused-ring (bicyclic) bond motifs is 2. The highest BCUT2D eigenvalue weighted by atomic mass is 35.5. The van der Waals surface area contributed by atoms with Crippen molar-refractivity contribution >= 4 is 39.3 Å². The molecular weight excluding hydrogens is 248 g/mol. The summed E-state index contributed by atoms with van der Waals surface area (Å²) in [6, 6.07) is 12.8. The molecule has 0 spiro atoms. The second-order valence-electron chi connectivity index (χ2n) is 4.07. The van der Waals surface area contributed by atoms with Crippen LogP contribution in [-0.4, -0.2) is 10.9 Å². The van der Waals surface area contributed by atoms with Gasteiger partial charge in [-0.1, -0.05) is 29.8 Å². The van der Waals surface area contributed by atoms with Crippen LogP contribution in [0.5, 0.6) is 0 Å². The average molecular weight is 257 g/mol. The fourth-order valence-corrected chi connectivity index (χ4v) is 2.19. The number of hydrogen-bond acceptors (Lipinski definition) is 2. The minimum atomic E-state index is -0.477. The highest BCUT2D eigenvalue weighted by molar-refractivity contribution is 6.31. The van der Waals surface area contributed by atoms with Crippen LogP contribution in [0.1, 0.15) is 10.4 Å². The molecule has 4 heteroatoms. The monoisotopic (exact) mass is 256 g/mol. The number of hydrogen-bond donors (Lipinski definition) is 1. The molecule has 0 bridgehead atoms. The Balaban J connectivity index is 2.45. The largest absolute Gasteiger partial charge is 0.366 e. The van der Waals surface area contributed by atoms with Crippen molar-refractivity contribution in [1.29, 1.82) is 0 Å². The van der Waals surface area contributed by atoms with E-state index in [1.807, 2.05) is 24.3 Å². The van der Waals surface area contributed by atoms with Crippen LogP contribution in [0.4, 0.5) is 0 Å². The van der Waals surface area contributed by atoms with Gasteiger partial charge in [0.1, 0.15) is 0 Å². The average Bonchev–Trinajstić information content (AvgIpc) is 2.35. The van der Waals surface area contributed by atoms with Crippen molar-refractivity contribution in [2.45, 2.75) is 0 Å². The van der Waals surface area contributed by atoms with Crippen LogP contribution in [-0.2, 0) is 0 Å². The lowest BCUT2D eigenvalue weighted by Gasteiger charge is -2.05. The van der Waals surface area contributed by atoms with Crippen LogP contribution >= 0.6 is 11.6 Å². The minimum absolute atomic E-state index is 0.425. The third-order valence-electron chi connectivity index (χ3n) is 2.87. The van der Waals surface area contributed by atoms with Crippen LogP contribution in [0.15, 0.2) is 42.5 Å². The molecule has 1 heterocycles. The van der Waals surface area contributed by atoms with E-state index in [0.717, 1.165) is 16.3 Å². The summed E-state index contributed by atoms with van der Waals surface area (Å²) in [4.78, 5) is 15.8. The van der Waals surface area contributed by atoms with Gasteiger partial charge < -0.3 is 5.73 Å². The molecule has 0 aliphatic carbocycles. The Bertz CT molecular complexity index is 783. The van der Waals surface area contributed by atoms with Crippen molar-refractivity contribution in [2.75, 3.05) is 0 Å².